The van der Waals surface area contributed by atoms with Crippen molar-refractivity contribution in [2.45, 2.75) is 0 Å². The van der Waals surface area contributed by atoms with Crippen LogP contribution in [0.5, 0.6) is 0 Å². The highest BCUT2D eigenvalue weighted by molar-refractivity contribution is 9.10. The van der Waals surface area contributed by atoms with Gasteiger partial charge in [0.15, 0.2) is 11.5 Å². The van der Waals surface area contributed by atoms with Crippen molar-refractivity contribution in [2.75, 3.05) is 0 Å². The lowest BCUT2D eigenvalue weighted by Gasteiger charge is -1.90. The van der Waals surface area contributed by atoms with E-state index in [1.807, 2.05) is 18.2 Å². The van der Waals surface area contributed by atoms with E-state index >= 15 is 0 Å². The molecule has 0 aliphatic carbocycles. The zero-order valence-corrected chi connectivity index (χ0v) is 10.5. The van der Waals surface area contributed by atoms with Crippen LogP contribution < -0.4 is 0 Å². The summed E-state index contributed by atoms with van der Waals surface area (Å²) in [6.07, 6.45) is 0. The van der Waals surface area contributed by atoms with Gasteiger partial charge in [-0.1, -0.05) is 17.3 Å². The highest BCUT2D eigenvalue weighted by atomic mass is 79.9. The van der Waals surface area contributed by atoms with Crippen LogP contribution in [0.2, 0.25) is 0 Å². The van der Waals surface area contributed by atoms with Crippen molar-refractivity contribution in [3.8, 4) is 11.5 Å². The van der Waals surface area contributed by atoms with Crippen LogP contribution in [0.15, 0.2) is 43.7 Å². The highest BCUT2D eigenvalue weighted by Gasteiger charge is 2.16. The standard InChI is InChI=1S/C12H6BrNO4/c13-7-3-1-2-6-4-9(17-11(6)7)10-5-8(12(15)16)14-18-10/h1-5H,(H,15,16). The lowest BCUT2D eigenvalue weighted by atomic mass is 10.2. The first-order valence-electron chi connectivity index (χ1n) is 5.03. The maximum atomic E-state index is 10.7. The van der Waals surface area contributed by atoms with Gasteiger partial charge in [0.1, 0.15) is 5.58 Å². The Bertz CT molecular complexity index is 743. The van der Waals surface area contributed by atoms with E-state index in [0.717, 1.165) is 9.86 Å². The number of para-hydroxylation sites is 1. The Balaban J connectivity index is 2.13. The number of aromatic carboxylic acids is 1. The minimum Gasteiger partial charge on any atom is -0.476 e. The van der Waals surface area contributed by atoms with Gasteiger partial charge in [0, 0.05) is 11.5 Å². The molecule has 0 bridgehead atoms. The number of hydrogen-bond donors (Lipinski definition) is 1. The number of carboxylic acid groups (broad SMARTS) is 1. The van der Waals surface area contributed by atoms with Gasteiger partial charge in [0.25, 0.3) is 0 Å². The number of furan rings is 1. The van der Waals surface area contributed by atoms with E-state index in [0.29, 0.717) is 11.3 Å². The molecule has 0 amide bonds. The summed E-state index contributed by atoms with van der Waals surface area (Å²) in [4.78, 5) is 10.7. The average molecular weight is 308 g/mol. The Kier molecular flexibility index (Phi) is 2.45. The summed E-state index contributed by atoms with van der Waals surface area (Å²) in [5, 5.41) is 13.1. The van der Waals surface area contributed by atoms with Gasteiger partial charge in [-0.3, -0.25) is 0 Å². The second kappa shape index (κ2) is 3.99. The molecule has 0 fully saturated rings. The number of rotatable bonds is 2. The van der Waals surface area contributed by atoms with Crippen LogP contribution in [0.4, 0.5) is 0 Å². The van der Waals surface area contributed by atoms with Crippen molar-refractivity contribution in [2.24, 2.45) is 0 Å². The summed E-state index contributed by atoms with van der Waals surface area (Å²) in [5.41, 5.74) is 0.533. The Labute approximate surface area is 109 Å². The predicted octanol–water partition coefficient (Wildman–Crippen LogP) is 3.55. The topological polar surface area (TPSA) is 76.5 Å². The van der Waals surface area contributed by atoms with E-state index in [9.17, 15) is 4.79 Å². The monoisotopic (exact) mass is 307 g/mol. The summed E-state index contributed by atoms with van der Waals surface area (Å²) < 4.78 is 11.4. The minimum atomic E-state index is -1.14. The molecule has 18 heavy (non-hydrogen) atoms. The van der Waals surface area contributed by atoms with Crippen LogP contribution in [0, 0.1) is 0 Å². The molecule has 0 saturated carbocycles. The van der Waals surface area contributed by atoms with Crippen molar-refractivity contribution in [3.63, 3.8) is 0 Å². The van der Waals surface area contributed by atoms with Crippen LogP contribution in [-0.2, 0) is 0 Å². The summed E-state index contributed by atoms with van der Waals surface area (Å²) in [6.45, 7) is 0. The molecule has 2 heterocycles. The Morgan fingerprint density at radius 1 is 1.28 bits per heavy atom. The maximum absolute atomic E-state index is 10.7. The Hall–Kier alpha value is -2.08. The quantitative estimate of drug-likeness (QED) is 0.783. The van der Waals surface area contributed by atoms with Gasteiger partial charge in [-0.25, -0.2) is 4.79 Å². The first-order valence-corrected chi connectivity index (χ1v) is 5.83. The highest BCUT2D eigenvalue weighted by Crippen LogP contribution is 2.32. The van der Waals surface area contributed by atoms with Crippen LogP contribution in [0.25, 0.3) is 22.5 Å². The minimum absolute atomic E-state index is 0.149. The predicted molar refractivity (Wildman–Crippen MR) is 66.4 cm³/mol. The molecule has 0 aliphatic rings. The van der Waals surface area contributed by atoms with Crippen LogP contribution in [0.1, 0.15) is 10.5 Å². The maximum Gasteiger partial charge on any atom is 0.358 e. The molecule has 1 N–H and O–H groups in total. The van der Waals surface area contributed by atoms with E-state index in [2.05, 4.69) is 21.1 Å². The third-order valence-electron chi connectivity index (χ3n) is 2.47. The van der Waals surface area contributed by atoms with Crippen molar-refractivity contribution >= 4 is 32.9 Å². The number of hydrogen-bond acceptors (Lipinski definition) is 4. The first kappa shape index (κ1) is 11.0. The van der Waals surface area contributed by atoms with Crippen LogP contribution in [-0.4, -0.2) is 16.2 Å². The van der Waals surface area contributed by atoms with Crippen LogP contribution in [0.3, 0.4) is 0 Å². The summed E-state index contributed by atoms with van der Waals surface area (Å²) in [6, 6.07) is 8.73. The second-order valence-electron chi connectivity index (χ2n) is 3.65. The summed E-state index contributed by atoms with van der Waals surface area (Å²) in [5.74, 6) is -0.408. The molecular formula is C12H6BrNO4. The lowest BCUT2D eigenvalue weighted by Crippen LogP contribution is -1.94. The van der Waals surface area contributed by atoms with Gasteiger partial charge < -0.3 is 14.0 Å². The normalized spacial score (nSPS) is 10.9. The number of nitrogens with zero attached hydrogens (tertiary/aromatic N) is 1. The van der Waals surface area contributed by atoms with Crippen molar-refractivity contribution in [3.05, 3.63) is 40.5 Å². The molecule has 90 valence electrons. The Morgan fingerprint density at radius 3 is 2.78 bits per heavy atom. The number of fused-ring (bicyclic) bond motifs is 1. The van der Waals surface area contributed by atoms with E-state index in [-0.39, 0.29) is 11.5 Å². The van der Waals surface area contributed by atoms with Crippen LogP contribution >= 0.6 is 15.9 Å². The summed E-state index contributed by atoms with van der Waals surface area (Å²) in [7, 11) is 0. The summed E-state index contributed by atoms with van der Waals surface area (Å²) >= 11 is 3.38. The molecule has 6 heteroatoms. The van der Waals surface area contributed by atoms with Gasteiger partial charge in [-0.2, -0.15) is 0 Å². The molecule has 0 spiro atoms. The van der Waals surface area contributed by atoms with Crippen molar-refractivity contribution in [1.29, 1.82) is 0 Å². The molecule has 0 unspecified atom stereocenters. The molecule has 0 aliphatic heterocycles. The molecule has 0 atom stereocenters. The number of halogens is 1. The van der Waals surface area contributed by atoms with Crippen molar-refractivity contribution < 1.29 is 18.8 Å². The SMILES string of the molecule is O=C(O)c1cc(-c2cc3cccc(Br)c3o2)on1. The van der Waals surface area contributed by atoms with Gasteiger partial charge in [-0.05, 0) is 28.1 Å². The molecule has 0 saturated heterocycles. The van der Waals surface area contributed by atoms with Gasteiger partial charge >= 0.3 is 5.97 Å². The molecule has 2 aromatic heterocycles. The first-order chi connectivity index (χ1) is 8.65. The zero-order valence-electron chi connectivity index (χ0n) is 8.88. The molecule has 1 aromatic carbocycles. The average Bonchev–Trinajstić information content (AvgIpc) is 2.95. The number of benzene rings is 1. The fourth-order valence-electron chi connectivity index (χ4n) is 1.64. The molecular weight excluding hydrogens is 302 g/mol. The number of carbonyl (C=O) groups is 1. The number of aromatic nitrogens is 1. The van der Waals surface area contributed by atoms with E-state index in [1.54, 1.807) is 6.07 Å². The largest absolute Gasteiger partial charge is 0.476 e. The fraction of sp³-hybridized carbons (Fsp3) is 0. The van der Waals surface area contributed by atoms with Gasteiger partial charge in [-0.15, -0.1) is 0 Å². The van der Waals surface area contributed by atoms with Crippen molar-refractivity contribution in [1.82, 2.24) is 5.16 Å². The molecule has 3 aromatic rings. The number of carboxylic acids is 1. The third-order valence-corrected chi connectivity index (χ3v) is 3.09. The zero-order chi connectivity index (χ0) is 12.7. The van der Waals surface area contributed by atoms with E-state index < -0.39 is 5.97 Å². The third kappa shape index (κ3) is 1.70. The second-order valence-corrected chi connectivity index (χ2v) is 4.50. The van der Waals surface area contributed by atoms with Gasteiger partial charge in [0.05, 0.1) is 4.47 Å². The van der Waals surface area contributed by atoms with E-state index in [1.165, 1.54) is 6.07 Å². The smallest absolute Gasteiger partial charge is 0.358 e. The Morgan fingerprint density at radius 2 is 2.11 bits per heavy atom. The van der Waals surface area contributed by atoms with Gasteiger partial charge in [0.2, 0.25) is 5.76 Å². The van der Waals surface area contributed by atoms with E-state index in [4.69, 9.17) is 14.0 Å². The molecule has 0 radical (unpaired) electrons. The lowest BCUT2D eigenvalue weighted by molar-refractivity contribution is 0.0686. The fourth-order valence-corrected chi connectivity index (χ4v) is 2.10. The molecule has 5 nitrogen and oxygen atoms in total. The molecule has 3 rings (SSSR count).